The minimum Gasteiger partial charge on any atom is -0.423 e. The molecular weight excluding hydrogens is 304 g/mol. The Morgan fingerprint density at radius 2 is 1.64 bits per heavy atom. The standard InChI is InChI=1S/C16H16O5S/c1-2-3-12-4-8-14(9-5-12)21-16(17)13-6-10-15(11-7-13)22(18,19)20/h4-11H,2-3H2,1H3,(H,18,19,20). The highest BCUT2D eigenvalue weighted by Crippen LogP contribution is 2.16. The highest BCUT2D eigenvalue weighted by atomic mass is 32.2. The molecule has 0 atom stereocenters. The number of carbonyl (C=O) groups excluding carboxylic acids is 1. The number of aryl methyl sites for hydroxylation is 1. The van der Waals surface area contributed by atoms with Gasteiger partial charge in [0.15, 0.2) is 0 Å². The van der Waals surface area contributed by atoms with Gasteiger partial charge in [0.05, 0.1) is 10.5 Å². The Hall–Kier alpha value is -2.18. The Morgan fingerprint density at radius 1 is 1.05 bits per heavy atom. The molecule has 0 radical (unpaired) electrons. The summed E-state index contributed by atoms with van der Waals surface area (Å²) in [6.07, 6.45) is 2.00. The molecule has 2 aromatic carbocycles. The largest absolute Gasteiger partial charge is 0.423 e. The molecule has 1 N–H and O–H groups in total. The third-order valence-corrected chi connectivity index (χ3v) is 3.93. The zero-order valence-corrected chi connectivity index (χ0v) is 12.8. The van der Waals surface area contributed by atoms with Crippen LogP contribution < -0.4 is 4.74 Å². The molecule has 0 heterocycles. The summed E-state index contributed by atoms with van der Waals surface area (Å²) in [6.45, 7) is 2.09. The smallest absolute Gasteiger partial charge is 0.343 e. The molecule has 0 aliphatic heterocycles. The van der Waals surface area contributed by atoms with Crippen LogP contribution in [-0.4, -0.2) is 18.9 Å². The number of carbonyl (C=O) groups is 1. The van der Waals surface area contributed by atoms with E-state index < -0.39 is 16.1 Å². The van der Waals surface area contributed by atoms with Gasteiger partial charge in [-0.2, -0.15) is 8.42 Å². The first-order valence-electron chi connectivity index (χ1n) is 6.79. The van der Waals surface area contributed by atoms with Gasteiger partial charge in [0.1, 0.15) is 5.75 Å². The number of hydrogen-bond acceptors (Lipinski definition) is 4. The van der Waals surface area contributed by atoms with Crippen LogP contribution in [0.25, 0.3) is 0 Å². The van der Waals surface area contributed by atoms with Crippen LogP contribution in [0, 0.1) is 0 Å². The lowest BCUT2D eigenvalue weighted by atomic mass is 10.1. The lowest BCUT2D eigenvalue weighted by Gasteiger charge is -2.06. The summed E-state index contributed by atoms with van der Waals surface area (Å²) in [5, 5.41) is 0. The van der Waals surface area contributed by atoms with Gasteiger partial charge in [-0.15, -0.1) is 0 Å². The molecule has 0 aliphatic carbocycles. The predicted octanol–water partition coefficient (Wildman–Crippen LogP) is 3.11. The van der Waals surface area contributed by atoms with Crippen molar-refractivity contribution in [2.24, 2.45) is 0 Å². The second-order valence-electron chi connectivity index (χ2n) is 4.78. The van der Waals surface area contributed by atoms with Gasteiger partial charge in [-0.1, -0.05) is 25.5 Å². The predicted molar refractivity (Wildman–Crippen MR) is 81.7 cm³/mol. The van der Waals surface area contributed by atoms with Crippen molar-refractivity contribution in [1.82, 2.24) is 0 Å². The van der Waals surface area contributed by atoms with E-state index in [4.69, 9.17) is 9.29 Å². The van der Waals surface area contributed by atoms with E-state index in [1.165, 1.54) is 17.7 Å². The SMILES string of the molecule is CCCc1ccc(OC(=O)c2ccc(S(=O)(=O)O)cc2)cc1. The first-order valence-corrected chi connectivity index (χ1v) is 8.23. The fourth-order valence-electron chi connectivity index (χ4n) is 1.94. The van der Waals surface area contributed by atoms with Crippen LogP contribution in [0.2, 0.25) is 0 Å². The summed E-state index contributed by atoms with van der Waals surface area (Å²) in [6, 6.07) is 12.1. The summed E-state index contributed by atoms with van der Waals surface area (Å²) in [4.78, 5) is 11.7. The average molecular weight is 320 g/mol. The number of hydrogen-bond donors (Lipinski definition) is 1. The van der Waals surface area contributed by atoms with Gasteiger partial charge >= 0.3 is 5.97 Å². The molecule has 0 saturated heterocycles. The van der Waals surface area contributed by atoms with Crippen LogP contribution in [0.5, 0.6) is 5.75 Å². The zero-order chi connectivity index (χ0) is 16.2. The van der Waals surface area contributed by atoms with E-state index in [0.29, 0.717) is 5.75 Å². The minimum atomic E-state index is -4.27. The molecule has 0 amide bonds. The van der Waals surface area contributed by atoms with E-state index in [0.717, 1.165) is 25.0 Å². The summed E-state index contributed by atoms with van der Waals surface area (Å²) < 4.78 is 35.9. The molecule has 0 saturated carbocycles. The van der Waals surface area contributed by atoms with Gasteiger partial charge in [-0.3, -0.25) is 4.55 Å². The van der Waals surface area contributed by atoms with Gasteiger partial charge < -0.3 is 4.74 Å². The third kappa shape index (κ3) is 4.16. The van der Waals surface area contributed by atoms with Crippen LogP contribution in [0.3, 0.4) is 0 Å². The maximum absolute atomic E-state index is 12.0. The molecule has 6 heteroatoms. The van der Waals surface area contributed by atoms with Crippen molar-refractivity contribution in [2.75, 3.05) is 0 Å². The van der Waals surface area contributed by atoms with Crippen LogP contribution in [-0.2, 0) is 16.5 Å². The quantitative estimate of drug-likeness (QED) is 0.520. The second kappa shape index (κ2) is 6.72. The van der Waals surface area contributed by atoms with Crippen molar-refractivity contribution in [2.45, 2.75) is 24.7 Å². The topological polar surface area (TPSA) is 80.7 Å². The molecule has 5 nitrogen and oxygen atoms in total. The Balaban J connectivity index is 2.08. The Labute approximate surface area is 129 Å². The number of rotatable bonds is 5. The molecule has 0 bridgehead atoms. The summed E-state index contributed by atoms with van der Waals surface area (Å²) in [7, 11) is -4.27. The Bertz CT molecular complexity index is 746. The normalized spacial score (nSPS) is 11.2. The van der Waals surface area contributed by atoms with Crippen LogP contribution in [0.15, 0.2) is 53.4 Å². The van der Waals surface area contributed by atoms with Gasteiger partial charge in [-0.05, 0) is 48.4 Å². The fourth-order valence-corrected chi connectivity index (χ4v) is 2.42. The first kappa shape index (κ1) is 16.2. The average Bonchev–Trinajstić information content (AvgIpc) is 2.49. The second-order valence-corrected chi connectivity index (χ2v) is 6.20. The molecule has 0 unspecified atom stereocenters. The van der Waals surface area contributed by atoms with Gasteiger partial charge in [0.25, 0.3) is 10.1 Å². The monoisotopic (exact) mass is 320 g/mol. The van der Waals surface area contributed by atoms with Gasteiger partial charge in [0, 0.05) is 0 Å². The van der Waals surface area contributed by atoms with Crippen LogP contribution in [0.4, 0.5) is 0 Å². The van der Waals surface area contributed by atoms with Crippen molar-refractivity contribution in [3.63, 3.8) is 0 Å². The number of benzene rings is 2. The molecule has 0 fully saturated rings. The van der Waals surface area contributed by atoms with E-state index in [2.05, 4.69) is 6.92 Å². The maximum atomic E-state index is 12.0. The number of esters is 1. The zero-order valence-electron chi connectivity index (χ0n) is 12.0. The lowest BCUT2D eigenvalue weighted by Crippen LogP contribution is -2.09. The highest BCUT2D eigenvalue weighted by Gasteiger charge is 2.12. The van der Waals surface area contributed by atoms with Crippen molar-refractivity contribution in [1.29, 1.82) is 0 Å². The van der Waals surface area contributed by atoms with Crippen molar-refractivity contribution < 1.29 is 22.5 Å². The first-order chi connectivity index (χ1) is 10.4. The molecule has 2 rings (SSSR count). The highest BCUT2D eigenvalue weighted by molar-refractivity contribution is 7.85. The molecule has 0 aliphatic rings. The molecule has 2 aromatic rings. The lowest BCUT2D eigenvalue weighted by molar-refractivity contribution is 0.0734. The third-order valence-electron chi connectivity index (χ3n) is 3.06. The molecular formula is C16H16O5S. The van der Waals surface area contributed by atoms with E-state index in [1.807, 2.05) is 12.1 Å². The van der Waals surface area contributed by atoms with Crippen LogP contribution in [0.1, 0.15) is 29.3 Å². The summed E-state index contributed by atoms with van der Waals surface area (Å²) in [5.41, 5.74) is 1.37. The van der Waals surface area contributed by atoms with E-state index in [9.17, 15) is 13.2 Å². The summed E-state index contributed by atoms with van der Waals surface area (Å²) >= 11 is 0. The Morgan fingerprint density at radius 3 is 2.14 bits per heavy atom. The van der Waals surface area contributed by atoms with Crippen molar-refractivity contribution >= 4 is 16.1 Å². The minimum absolute atomic E-state index is 0.199. The molecule has 116 valence electrons. The fraction of sp³-hybridized carbons (Fsp3) is 0.188. The van der Waals surface area contributed by atoms with Crippen molar-refractivity contribution in [3.8, 4) is 5.75 Å². The number of ether oxygens (including phenoxy) is 1. The molecule has 0 aromatic heterocycles. The molecule has 0 spiro atoms. The van der Waals surface area contributed by atoms with E-state index in [-0.39, 0.29) is 10.5 Å². The Kier molecular flexibility index (Phi) is 4.95. The summed E-state index contributed by atoms with van der Waals surface area (Å²) in [5.74, 6) is -0.172. The van der Waals surface area contributed by atoms with Crippen LogP contribution >= 0.6 is 0 Å². The van der Waals surface area contributed by atoms with Gasteiger partial charge in [-0.25, -0.2) is 4.79 Å². The van der Waals surface area contributed by atoms with E-state index >= 15 is 0 Å². The van der Waals surface area contributed by atoms with Crippen molar-refractivity contribution in [3.05, 3.63) is 59.7 Å². The molecule has 22 heavy (non-hydrogen) atoms. The van der Waals surface area contributed by atoms with Gasteiger partial charge in [0.2, 0.25) is 0 Å². The maximum Gasteiger partial charge on any atom is 0.343 e. The van der Waals surface area contributed by atoms with E-state index in [1.54, 1.807) is 12.1 Å².